The van der Waals surface area contributed by atoms with Gasteiger partial charge in [-0.3, -0.25) is 62.5 Å². The number of primary amides is 3. The summed E-state index contributed by atoms with van der Waals surface area (Å²) in [6.45, 7) is -1.05. The molecule has 12 amide bonds. The predicted molar refractivity (Wildman–Crippen MR) is 352 cm³/mol. The van der Waals surface area contributed by atoms with Crippen molar-refractivity contribution in [3.05, 3.63) is 65.7 Å². The first-order chi connectivity index (χ1) is 46.2. The second kappa shape index (κ2) is 41.0. The van der Waals surface area contributed by atoms with Crippen LogP contribution in [0.25, 0.3) is 0 Å². The second-order valence-electron chi connectivity index (χ2n) is 23.6. The molecule has 0 saturated carbocycles. The molecule has 34 nitrogen and oxygen atoms in total. The number of guanidine groups is 1. The highest BCUT2D eigenvalue weighted by atomic mass is 33.1. The number of carbonyl (C=O) groups is 12. The lowest BCUT2D eigenvalue weighted by molar-refractivity contribution is -0.301. The van der Waals surface area contributed by atoms with Gasteiger partial charge < -0.3 is 111 Å². The molecule has 23 N–H and O–H groups in total. The predicted octanol–water partition coefficient (Wildman–Crippen LogP) is -5.70. The van der Waals surface area contributed by atoms with E-state index in [9.17, 15) is 83.1 Å². The fourth-order valence-corrected chi connectivity index (χ4v) is 13.0. The topological polar surface area (TPSA) is 566 Å². The van der Waals surface area contributed by atoms with Gasteiger partial charge in [-0.25, -0.2) is 0 Å². The minimum Gasteiger partial charge on any atom is -0.508 e. The maximum atomic E-state index is 15.0. The number of rotatable bonds is 31. The van der Waals surface area contributed by atoms with Crippen molar-refractivity contribution in [3.63, 3.8) is 0 Å². The van der Waals surface area contributed by atoms with Crippen LogP contribution in [0.3, 0.4) is 0 Å². The first-order valence-electron chi connectivity index (χ1n) is 31.8. The van der Waals surface area contributed by atoms with Crippen molar-refractivity contribution >= 4 is 98.4 Å². The third-order valence-corrected chi connectivity index (χ3v) is 18.3. The summed E-state index contributed by atoms with van der Waals surface area (Å²) < 4.78 is 11.0. The van der Waals surface area contributed by atoms with Gasteiger partial charge in [0.1, 0.15) is 78.5 Å². The Morgan fingerprint density at radius 3 is 1.91 bits per heavy atom. The maximum absolute atomic E-state index is 15.0. The molecule has 0 radical (unpaired) electrons. The van der Waals surface area contributed by atoms with Crippen LogP contribution >= 0.6 is 21.6 Å². The summed E-state index contributed by atoms with van der Waals surface area (Å²) >= 11 is 0. The van der Waals surface area contributed by atoms with Crippen LogP contribution in [0.1, 0.15) is 101 Å². The second-order valence-corrected chi connectivity index (χ2v) is 26.1. The Morgan fingerprint density at radius 1 is 0.670 bits per heavy atom. The molecule has 0 unspecified atom stereocenters. The van der Waals surface area contributed by atoms with Gasteiger partial charge in [-0.05, 0) is 68.2 Å². The molecule has 97 heavy (non-hydrogen) atoms. The number of benzene rings is 2. The fourth-order valence-electron chi connectivity index (χ4n) is 10.7. The van der Waals surface area contributed by atoms with Crippen LogP contribution in [0.15, 0.2) is 59.6 Å². The molecule has 3 aliphatic heterocycles. The van der Waals surface area contributed by atoms with E-state index in [-0.39, 0.29) is 87.9 Å². The average molecular weight is 1400 g/mol. The molecule has 0 aromatic heterocycles. The van der Waals surface area contributed by atoms with Crippen molar-refractivity contribution in [2.75, 3.05) is 44.4 Å². The number of aliphatic hydroxyl groups is 4. The van der Waals surface area contributed by atoms with Crippen molar-refractivity contribution in [2.45, 2.75) is 182 Å². The van der Waals surface area contributed by atoms with Crippen molar-refractivity contribution in [1.82, 2.24) is 47.4 Å². The number of nitrogens with one attached hydrogen (secondary N) is 8. The monoisotopic (exact) mass is 1400 g/mol. The molecule has 5 rings (SSSR count). The number of carbonyl (C=O) groups excluding carboxylic acids is 12. The lowest BCUT2D eigenvalue weighted by Crippen LogP contribution is -2.61. The van der Waals surface area contributed by atoms with Gasteiger partial charge in [-0.2, -0.15) is 0 Å². The zero-order chi connectivity index (χ0) is 71.1. The molecule has 3 fully saturated rings. The van der Waals surface area contributed by atoms with Gasteiger partial charge in [-0.15, -0.1) is 0 Å². The molecular formula is C61H91N15O19S2. The Balaban J connectivity index is 1.46. The molecule has 0 bridgehead atoms. The summed E-state index contributed by atoms with van der Waals surface area (Å²) in [6, 6.07) is 1.80. The summed E-state index contributed by atoms with van der Waals surface area (Å²) in [5, 5.41) is 70.7. The quantitative estimate of drug-likeness (QED) is 0.0145. The lowest BCUT2D eigenvalue weighted by atomic mass is 9.99. The van der Waals surface area contributed by atoms with Crippen LogP contribution < -0.4 is 71.2 Å². The number of likely N-dealkylation sites (tertiary alicyclic amines) is 1. The molecule has 2 aromatic carbocycles. The number of hydrogen-bond acceptors (Lipinski definition) is 22. The van der Waals surface area contributed by atoms with E-state index in [1.807, 2.05) is 0 Å². The highest BCUT2D eigenvalue weighted by molar-refractivity contribution is 8.76. The number of nitrogens with two attached hydrogens (primary N) is 5. The van der Waals surface area contributed by atoms with E-state index in [2.05, 4.69) is 47.5 Å². The van der Waals surface area contributed by atoms with Gasteiger partial charge in [0.05, 0.1) is 19.6 Å². The molecule has 536 valence electrons. The minimum atomic E-state index is -1.87. The summed E-state index contributed by atoms with van der Waals surface area (Å²) in [5.74, 6) is -12.0. The van der Waals surface area contributed by atoms with E-state index in [0.717, 1.165) is 26.5 Å². The van der Waals surface area contributed by atoms with E-state index in [1.165, 1.54) is 24.3 Å². The van der Waals surface area contributed by atoms with Crippen molar-refractivity contribution in [1.29, 1.82) is 0 Å². The Morgan fingerprint density at radius 2 is 1.27 bits per heavy atom. The number of unbranched alkanes of at least 4 members (excludes halogenated alkanes) is 5. The standard InChI is InChI=1S/C61H91N15O19S2/c62-45(79)22-21-37-53(87)74-40(28-46(63)80)56(90)75-42(59(93)76-24-11-15-43(76)58(92)71-36(14-10-23-67-61(65)66)52(86)68-29-47(64)81)32-97-96-31-41(69-48(82)16-8-3-1-2-4-9-25-94-60-51(85)50(84)49(83)44(30-77)95-60)57(91)73-39(27-34-17-19-35(78)20-18-34)55(89)72-38(54(88)70-37)26-33-12-6-5-7-13-33/h5-7,12-13,17-20,36-44,49-51,60,77-78,83-85H,1-4,8-11,14-16,21-32H2,(H2,62,79)(H2,63,80)(H2,64,81)(H,68,86)(H,69,82)(H,70,88)(H,71,92)(H,72,89)(H,73,91)(H,74,87)(H,75,90)(H4,65,66,67)/t36-,37-,38-,39-,40-,41-,42-,43-,44+,49-,50-,51+,60+/m0/s1. The minimum absolute atomic E-state index is 0.0414. The number of aromatic hydroxyl groups is 1. The van der Waals surface area contributed by atoms with Crippen molar-refractivity contribution in [2.24, 2.45) is 33.7 Å². The number of aliphatic hydroxyl groups excluding tert-OH is 4. The number of aliphatic imine (C=N–C) groups is 1. The lowest BCUT2D eigenvalue weighted by Gasteiger charge is -2.39. The first kappa shape index (κ1) is 79.3. The summed E-state index contributed by atoms with van der Waals surface area (Å²) in [7, 11) is 1.87. The van der Waals surface area contributed by atoms with Gasteiger partial charge in [0, 0.05) is 56.9 Å². The number of hydrogen-bond donors (Lipinski definition) is 18. The first-order valence-corrected chi connectivity index (χ1v) is 34.3. The molecule has 0 aliphatic carbocycles. The molecular weight excluding hydrogens is 1310 g/mol. The molecule has 36 heteroatoms. The van der Waals surface area contributed by atoms with Gasteiger partial charge >= 0.3 is 0 Å². The number of nitrogens with zero attached hydrogens (tertiary/aromatic N) is 2. The van der Waals surface area contributed by atoms with Gasteiger partial charge in [0.25, 0.3) is 0 Å². The molecule has 3 heterocycles. The van der Waals surface area contributed by atoms with Gasteiger partial charge in [-0.1, -0.05) is 89.7 Å². The van der Waals surface area contributed by atoms with Crippen LogP contribution in [0.2, 0.25) is 0 Å². The van der Waals surface area contributed by atoms with Crippen LogP contribution in [-0.4, -0.2) is 231 Å². The van der Waals surface area contributed by atoms with E-state index in [0.29, 0.717) is 49.7 Å². The van der Waals surface area contributed by atoms with Crippen LogP contribution in [0, 0.1) is 0 Å². The fraction of sp³-hybridized carbons (Fsp3) is 0.590. The normalized spacial score (nSPS) is 24.9. The zero-order valence-electron chi connectivity index (χ0n) is 53.5. The number of ether oxygens (including phenoxy) is 2. The number of phenolic OH excluding ortho intramolecular Hbond substituents is 1. The Labute approximate surface area is 567 Å². The van der Waals surface area contributed by atoms with Crippen molar-refractivity contribution < 1.29 is 92.5 Å². The van der Waals surface area contributed by atoms with E-state index in [1.54, 1.807) is 30.3 Å². The van der Waals surface area contributed by atoms with Crippen LogP contribution in [-0.2, 0) is 79.8 Å². The number of phenols is 1. The smallest absolute Gasteiger partial charge is 0.246 e. The largest absolute Gasteiger partial charge is 0.508 e. The molecule has 2 aromatic rings. The van der Waals surface area contributed by atoms with Crippen LogP contribution in [0.5, 0.6) is 5.75 Å². The number of amides is 12. The molecule has 3 aliphatic rings. The molecule has 0 spiro atoms. The van der Waals surface area contributed by atoms with Crippen LogP contribution in [0.4, 0.5) is 0 Å². The van der Waals surface area contributed by atoms with E-state index >= 15 is 0 Å². The highest BCUT2D eigenvalue weighted by Gasteiger charge is 2.45. The summed E-state index contributed by atoms with van der Waals surface area (Å²) in [6.07, 6.45) is -5.53. The average Bonchev–Trinajstić information content (AvgIpc) is 1.09. The van der Waals surface area contributed by atoms with Gasteiger partial charge in [0.2, 0.25) is 70.9 Å². The third-order valence-electron chi connectivity index (χ3n) is 15.9. The molecule has 13 atom stereocenters. The summed E-state index contributed by atoms with van der Waals surface area (Å²) in [4.78, 5) is 171. The maximum Gasteiger partial charge on any atom is 0.246 e. The molecule has 3 saturated heterocycles. The Hall–Kier alpha value is -8.39. The third kappa shape index (κ3) is 27.2. The van der Waals surface area contributed by atoms with Crippen molar-refractivity contribution in [3.8, 4) is 5.75 Å². The van der Waals surface area contributed by atoms with E-state index < -0.39 is 182 Å². The summed E-state index contributed by atoms with van der Waals surface area (Å²) in [5.41, 5.74) is 28.2. The highest BCUT2D eigenvalue weighted by Crippen LogP contribution is 2.27. The Kier molecular flexibility index (Phi) is 33.5. The van der Waals surface area contributed by atoms with Gasteiger partial charge in [0.15, 0.2) is 12.2 Å². The Bertz CT molecular complexity index is 3030. The van der Waals surface area contributed by atoms with E-state index in [4.69, 9.17) is 38.1 Å². The zero-order valence-corrected chi connectivity index (χ0v) is 55.1. The SMILES string of the molecule is NC(=O)CC[C@@H]1NC(=O)[C@H](Cc2ccccc2)NC(=O)[C@H](Cc2ccc(O)cc2)NC(=O)[C@@H](NC(=O)CCCCCCCCO[C@@H]2O[C@H](CO)[C@H](O)[C@H](O)[C@H]2O)CSSC[C@@H](C(=O)N2CCC[C@H]2C(=O)N[C@@H](CCCN=C(N)N)C(=O)NCC(N)=O)NC(=O)[C@H](CC(N)=O)NC1=O.